The van der Waals surface area contributed by atoms with Crippen LogP contribution in [0.2, 0.25) is 5.02 Å². The van der Waals surface area contributed by atoms with Crippen LogP contribution in [0.3, 0.4) is 0 Å². The second-order valence-electron chi connectivity index (χ2n) is 3.04. The van der Waals surface area contributed by atoms with Gasteiger partial charge in [0.25, 0.3) is 0 Å². The molecule has 0 radical (unpaired) electrons. The molecule has 0 aliphatic heterocycles. The molecule has 1 heterocycles. The van der Waals surface area contributed by atoms with Crippen LogP contribution < -0.4 is 0 Å². The lowest BCUT2D eigenvalue weighted by Crippen LogP contribution is -1.87. The Labute approximate surface area is 94.0 Å². The van der Waals surface area contributed by atoms with Gasteiger partial charge in [0.15, 0.2) is 0 Å². The largest absolute Gasteiger partial charge is 0.254 e. The van der Waals surface area contributed by atoms with E-state index >= 15 is 0 Å². The van der Waals surface area contributed by atoms with E-state index in [0.717, 1.165) is 11.1 Å². The number of hydrogen-bond donors (Lipinski definition) is 0. The molecule has 4 heteroatoms. The summed E-state index contributed by atoms with van der Waals surface area (Å²) in [4.78, 5) is 4.15. The van der Waals surface area contributed by atoms with Crippen molar-refractivity contribution in [2.45, 2.75) is 6.92 Å². The minimum atomic E-state index is -0.278. The molecule has 0 N–H and O–H groups in total. The van der Waals surface area contributed by atoms with Gasteiger partial charge in [0, 0.05) is 16.1 Å². The van der Waals surface area contributed by atoms with Gasteiger partial charge < -0.3 is 0 Å². The molecule has 0 aliphatic carbocycles. The number of rotatable bonds is 0. The van der Waals surface area contributed by atoms with E-state index in [1.54, 1.807) is 6.20 Å². The zero-order valence-corrected chi connectivity index (χ0v) is 9.66. The van der Waals surface area contributed by atoms with E-state index in [1.165, 1.54) is 12.1 Å². The average Bonchev–Trinajstić information content (AvgIpc) is 2.12. The maximum atomic E-state index is 13.1. The minimum Gasteiger partial charge on any atom is -0.254 e. The molecule has 2 aromatic rings. The van der Waals surface area contributed by atoms with E-state index in [0.29, 0.717) is 14.9 Å². The first kappa shape index (κ1) is 9.87. The summed E-state index contributed by atoms with van der Waals surface area (Å²) >= 11 is 9.17. The molecule has 0 spiro atoms. The number of benzene rings is 1. The van der Waals surface area contributed by atoms with E-state index in [-0.39, 0.29) is 5.82 Å². The van der Waals surface area contributed by atoms with Crippen LogP contribution in [-0.2, 0) is 0 Å². The van der Waals surface area contributed by atoms with E-state index < -0.39 is 0 Å². The molecule has 0 atom stereocenters. The lowest BCUT2D eigenvalue weighted by atomic mass is 10.1. The molecule has 0 unspecified atom stereocenters. The highest BCUT2D eigenvalue weighted by Gasteiger charge is 2.08. The summed E-state index contributed by atoms with van der Waals surface area (Å²) in [5.41, 5.74) is 1.57. The summed E-state index contributed by atoms with van der Waals surface area (Å²) in [6, 6.07) is 2.88. The zero-order chi connectivity index (χ0) is 10.3. The van der Waals surface area contributed by atoms with Crippen molar-refractivity contribution < 1.29 is 4.39 Å². The van der Waals surface area contributed by atoms with Gasteiger partial charge in [0.1, 0.15) is 5.82 Å². The predicted molar refractivity (Wildman–Crippen MR) is 59.1 cm³/mol. The minimum absolute atomic E-state index is 0.278. The van der Waals surface area contributed by atoms with Gasteiger partial charge in [-0.2, -0.15) is 0 Å². The fraction of sp³-hybridized carbons (Fsp3) is 0.100. The van der Waals surface area contributed by atoms with Crippen molar-refractivity contribution in [3.63, 3.8) is 0 Å². The van der Waals surface area contributed by atoms with E-state index in [9.17, 15) is 4.39 Å². The third kappa shape index (κ3) is 1.51. The second-order valence-corrected chi connectivity index (χ2v) is 4.24. The average molecular weight is 275 g/mol. The predicted octanol–water partition coefficient (Wildman–Crippen LogP) is 4.10. The smallest absolute Gasteiger partial charge is 0.124 e. The van der Waals surface area contributed by atoms with Crippen LogP contribution in [0, 0.1) is 12.7 Å². The monoisotopic (exact) mass is 273 g/mol. The Morgan fingerprint density at radius 3 is 2.86 bits per heavy atom. The van der Waals surface area contributed by atoms with Crippen LogP contribution in [0.15, 0.2) is 22.8 Å². The topological polar surface area (TPSA) is 12.9 Å². The Kier molecular flexibility index (Phi) is 2.45. The Morgan fingerprint density at radius 1 is 1.43 bits per heavy atom. The molecule has 0 fully saturated rings. The Bertz CT molecular complexity index is 513. The van der Waals surface area contributed by atoms with Crippen molar-refractivity contribution in [3.05, 3.63) is 39.2 Å². The standard InChI is InChI=1S/C10H6BrClFN/c1-5-2-6(13)3-7-9(11)8(12)4-14-10(5)7/h2-4H,1H3. The van der Waals surface area contributed by atoms with Gasteiger partial charge in [-0.3, -0.25) is 4.98 Å². The molecule has 2 rings (SSSR count). The summed E-state index contributed by atoms with van der Waals surface area (Å²) in [7, 11) is 0. The van der Waals surface area contributed by atoms with Gasteiger partial charge in [-0.25, -0.2) is 4.39 Å². The highest BCUT2D eigenvalue weighted by atomic mass is 79.9. The lowest BCUT2D eigenvalue weighted by molar-refractivity contribution is 0.628. The van der Waals surface area contributed by atoms with Gasteiger partial charge in [-0.05, 0) is 40.5 Å². The molecule has 14 heavy (non-hydrogen) atoms. The fourth-order valence-electron chi connectivity index (χ4n) is 1.38. The third-order valence-corrected chi connectivity index (χ3v) is 3.39. The number of halogens is 3. The first-order valence-electron chi connectivity index (χ1n) is 3.99. The van der Waals surface area contributed by atoms with Gasteiger partial charge in [-0.15, -0.1) is 0 Å². The highest BCUT2D eigenvalue weighted by Crippen LogP contribution is 2.31. The number of aromatic nitrogens is 1. The molecule has 0 saturated carbocycles. The van der Waals surface area contributed by atoms with Gasteiger partial charge in [-0.1, -0.05) is 11.6 Å². The van der Waals surface area contributed by atoms with Crippen LogP contribution in [0.4, 0.5) is 4.39 Å². The second kappa shape index (κ2) is 3.48. The summed E-state index contributed by atoms with van der Waals surface area (Å²) in [6.45, 7) is 1.82. The maximum absolute atomic E-state index is 13.1. The van der Waals surface area contributed by atoms with Crippen LogP contribution in [-0.4, -0.2) is 4.98 Å². The molecule has 0 aliphatic rings. The number of nitrogens with zero attached hydrogens (tertiary/aromatic N) is 1. The van der Waals surface area contributed by atoms with Crippen LogP contribution in [0.25, 0.3) is 10.9 Å². The van der Waals surface area contributed by atoms with Crippen LogP contribution in [0.5, 0.6) is 0 Å². The number of fused-ring (bicyclic) bond motifs is 1. The molecule has 0 amide bonds. The first-order valence-corrected chi connectivity index (χ1v) is 5.16. The molecule has 1 aromatic carbocycles. The van der Waals surface area contributed by atoms with Gasteiger partial charge >= 0.3 is 0 Å². The van der Waals surface area contributed by atoms with Gasteiger partial charge in [0.2, 0.25) is 0 Å². The Hall–Kier alpha value is -0.670. The fourth-order valence-corrected chi connectivity index (χ4v) is 1.94. The van der Waals surface area contributed by atoms with Crippen molar-refractivity contribution in [1.82, 2.24) is 4.98 Å². The Balaban J connectivity index is 2.95. The lowest BCUT2D eigenvalue weighted by Gasteiger charge is -2.04. The molecular formula is C10H6BrClFN. The zero-order valence-electron chi connectivity index (χ0n) is 7.31. The van der Waals surface area contributed by atoms with E-state index in [1.807, 2.05) is 6.92 Å². The Morgan fingerprint density at radius 2 is 2.14 bits per heavy atom. The molecule has 1 nitrogen and oxygen atoms in total. The highest BCUT2D eigenvalue weighted by molar-refractivity contribution is 9.10. The van der Waals surface area contributed by atoms with Crippen LogP contribution in [0.1, 0.15) is 5.56 Å². The molecule has 72 valence electrons. The van der Waals surface area contributed by atoms with Crippen molar-refractivity contribution in [1.29, 1.82) is 0 Å². The number of aryl methyl sites for hydroxylation is 1. The van der Waals surface area contributed by atoms with E-state index in [2.05, 4.69) is 20.9 Å². The van der Waals surface area contributed by atoms with Crippen molar-refractivity contribution in [2.24, 2.45) is 0 Å². The summed E-state index contributed by atoms with van der Waals surface area (Å²) < 4.78 is 13.8. The molecular weight excluding hydrogens is 268 g/mol. The maximum Gasteiger partial charge on any atom is 0.124 e. The van der Waals surface area contributed by atoms with Crippen molar-refractivity contribution >= 4 is 38.4 Å². The first-order chi connectivity index (χ1) is 6.59. The molecule has 0 bridgehead atoms. The third-order valence-electron chi connectivity index (χ3n) is 2.02. The number of hydrogen-bond acceptors (Lipinski definition) is 1. The SMILES string of the molecule is Cc1cc(F)cc2c(Br)c(Cl)cnc12. The van der Waals surface area contributed by atoms with Gasteiger partial charge in [0.05, 0.1) is 10.5 Å². The summed E-state index contributed by atoms with van der Waals surface area (Å²) in [6.07, 6.45) is 1.55. The molecule has 1 aromatic heterocycles. The number of pyridine rings is 1. The summed E-state index contributed by atoms with van der Waals surface area (Å²) in [5.74, 6) is -0.278. The summed E-state index contributed by atoms with van der Waals surface area (Å²) in [5, 5.41) is 1.19. The normalized spacial score (nSPS) is 10.9. The quantitative estimate of drug-likeness (QED) is 0.705. The van der Waals surface area contributed by atoms with Crippen LogP contribution >= 0.6 is 27.5 Å². The van der Waals surface area contributed by atoms with E-state index in [4.69, 9.17) is 11.6 Å². The van der Waals surface area contributed by atoms with Crippen molar-refractivity contribution in [3.8, 4) is 0 Å². The molecule has 0 saturated heterocycles. The van der Waals surface area contributed by atoms with Crippen molar-refractivity contribution in [2.75, 3.05) is 0 Å².